The maximum Gasteiger partial charge on any atom is 0.227 e. The van der Waals surface area contributed by atoms with Crippen molar-refractivity contribution in [1.29, 1.82) is 0 Å². The Morgan fingerprint density at radius 3 is 2.61 bits per heavy atom. The number of carbonyl (C=O) groups is 2. The third-order valence-electron chi connectivity index (χ3n) is 2.81. The Kier molecular flexibility index (Phi) is 3.45. The number of primary amides is 1. The molecule has 1 unspecified atom stereocenters. The topological polar surface area (TPSA) is 63.4 Å². The number of amides is 2. The number of nitrogens with zero attached hydrogens (tertiary/aromatic N) is 1. The summed E-state index contributed by atoms with van der Waals surface area (Å²) < 4.78 is 13.4. The minimum Gasteiger partial charge on any atom is -0.369 e. The predicted molar refractivity (Wildman–Crippen MR) is 66.1 cm³/mol. The quantitative estimate of drug-likeness (QED) is 0.847. The van der Waals surface area contributed by atoms with Gasteiger partial charge in [-0.1, -0.05) is 23.2 Å². The zero-order valence-electron chi connectivity index (χ0n) is 9.12. The van der Waals surface area contributed by atoms with Crippen molar-refractivity contribution in [2.24, 2.45) is 11.7 Å². The molecule has 0 radical (unpaired) electrons. The van der Waals surface area contributed by atoms with Gasteiger partial charge in [-0.2, -0.15) is 0 Å². The molecule has 1 aliphatic heterocycles. The Labute approximate surface area is 112 Å². The molecule has 0 saturated carbocycles. The Hall–Kier alpha value is -1.33. The monoisotopic (exact) mass is 290 g/mol. The molecule has 0 bridgehead atoms. The van der Waals surface area contributed by atoms with E-state index < -0.39 is 17.6 Å². The van der Waals surface area contributed by atoms with E-state index in [0.717, 1.165) is 6.07 Å². The second-order valence-electron chi connectivity index (χ2n) is 4.03. The van der Waals surface area contributed by atoms with Gasteiger partial charge in [0.2, 0.25) is 11.8 Å². The summed E-state index contributed by atoms with van der Waals surface area (Å²) >= 11 is 11.5. The zero-order chi connectivity index (χ0) is 13.4. The molecule has 0 spiro atoms. The van der Waals surface area contributed by atoms with Gasteiger partial charge in [0, 0.05) is 19.0 Å². The van der Waals surface area contributed by atoms with Crippen LogP contribution in [0.1, 0.15) is 6.42 Å². The number of anilines is 1. The van der Waals surface area contributed by atoms with Gasteiger partial charge in [-0.25, -0.2) is 4.39 Å². The zero-order valence-corrected chi connectivity index (χ0v) is 10.6. The van der Waals surface area contributed by atoms with Crippen molar-refractivity contribution in [2.45, 2.75) is 6.42 Å². The third kappa shape index (κ3) is 2.28. The van der Waals surface area contributed by atoms with Crippen LogP contribution in [0.15, 0.2) is 12.1 Å². The van der Waals surface area contributed by atoms with E-state index in [1.54, 1.807) is 0 Å². The van der Waals surface area contributed by atoms with E-state index in [4.69, 9.17) is 28.9 Å². The summed E-state index contributed by atoms with van der Waals surface area (Å²) in [6.07, 6.45) is 0.00983. The summed E-state index contributed by atoms with van der Waals surface area (Å²) in [6.45, 7) is 0.106. The number of hydrogen-bond donors (Lipinski definition) is 1. The van der Waals surface area contributed by atoms with Crippen molar-refractivity contribution in [1.82, 2.24) is 0 Å². The van der Waals surface area contributed by atoms with Crippen molar-refractivity contribution >= 4 is 40.7 Å². The molecular formula is C11H9Cl2FN2O2. The van der Waals surface area contributed by atoms with Gasteiger partial charge in [-0.3, -0.25) is 9.59 Å². The average Bonchev–Trinajstić information content (AvgIpc) is 2.66. The fourth-order valence-corrected chi connectivity index (χ4v) is 2.34. The summed E-state index contributed by atoms with van der Waals surface area (Å²) in [6, 6.07) is 2.30. The molecule has 96 valence electrons. The number of hydrogen-bond acceptors (Lipinski definition) is 2. The van der Waals surface area contributed by atoms with Crippen LogP contribution in [0.25, 0.3) is 0 Å². The summed E-state index contributed by atoms with van der Waals surface area (Å²) in [4.78, 5) is 24.0. The van der Waals surface area contributed by atoms with Gasteiger partial charge < -0.3 is 10.6 Å². The van der Waals surface area contributed by atoms with Crippen LogP contribution in [0.4, 0.5) is 10.1 Å². The second-order valence-corrected chi connectivity index (χ2v) is 4.84. The molecule has 7 heteroatoms. The number of halogens is 3. The number of carbonyl (C=O) groups excluding carboxylic acids is 2. The van der Waals surface area contributed by atoms with E-state index >= 15 is 0 Å². The third-order valence-corrected chi connectivity index (χ3v) is 3.40. The number of rotatable bonds is 2. The van der Waals surface area contributed by atoms with Crippen LogP contribution in [-0.2, 0) is 9.59 Å². The first kappa shape index (κ1) is 13.1. The van der Waals surface area contributed by atoms with E-state index in [9.17, 15) is 14.0 Å². The highest BCUT2D eigenvalue weighted by Crippen LogP contribution is 2.34. The van der Waals surface area contributed by atoms with Gasteiger partial charge in [0.1, 0.15) is 5.82 Å². The first-order valence-corrected chi connectivity index (χ1v) is 5.90. The van der Waals surface area contributed by atoms with Gasteiger partial charge in [0.05, 0.1) is 21.7 Å². The first-order chi connectivity index (χ1) is 8.40. The lowest BCUT2D eigenvalue weighted by Gasteiger charge is -2.18. The van der Waals surface area contributed by atoms with Crippen molar-refractivity contribution in [3.8, 4) is 0 Å². The predicted octanol–water partition coefficient (Wildman–Crippen LogP) is 1.97. The SMILES string of the molecule is NC(=O)C1CC(=O)N(c2cc(F)c(Cl)cc2Cl)C1. The Bertz CT molecular complexity index is 536. The van der Waals surface area contributed by atoms with Crippen LogP contribution in [0.3, 0.4) is 0 Å². The molecule has 0 aromatic heterocycles. The van der Waals surface area contributed by atoms with Gasteiger partial charge in [0.25, 0.3) is 0 Å². The molecule has 1 fully saturated rings. The van der Waals surface area contributed by atoms with Crippen molar-refractivity contribution in [3.05, 3.63) is 28.0 Å². The van der Waals surface area contributed by atoms with Gasteiger partial charge in [-0.15, -0.1) is 0 Å². The highest BCUT2D eigenvalue weighted by atomic mass is 35.5. The molecule has 1 aromatic rings. The Morgan fingerprint density at radius 2 is 2.06 bits per heavy atom. The van der Waals surface area contributed by atoms with Crippen LogP contribution < -0.4 is 10.6 Å². The number of benzene rings is 1. The molecule has 4 nitrogen and oxygen atoms in total. The van der Waals surface area contributed by atoms with Crippen LogP contribution in [0.2, 0.25) is 10.0 Å². The highest BCUT2D eigenvalue weighted by molar-refractivity contribution is 6.37. The van der Waals surface area contributed by atoms with E-state index in [0.29, 0.717) is 0 Å². The van der Waals surface area contributed by atoms with Gasteiger partial charge >= 0.3 is 0 Å². The second kappa shape index (κ2) is 4.74. The van der Waals surface area contributed by atoms with Crippen molar-refractivity contribution in [2.75, 3.05) is 11.4 Å². The molecule has 2 rings (SSSR count). The Balaban J connectivity index is 2.35. The number of nitrogens with two attached hydrogens (primary N) is 1. The summed E-state index contributed by atoms with van der Waals surface area (Å²) in [5, 5.41) is 0.0294. The molecule has 1 atom stereocenters. The standard InChI is InChI=1S/C11H9Cl2FN2O2/c12-6-2-7(13)9(3-8(6)14)16-4-5(11(15)18)1-10(16)17/h2-3,5H,1,4H2,(H2,15,18). The lowest BCUT2D eigenvalue weighted by molar-refractivity contribution is -0.123. The summed E-state index contributed by atoms with van der Waals surface area (Å²) in [7, 11) is 0. The maximum absolute atomic E-state index is 13.4. The molecule has 1 aromatic carbocycles. The van der Waals surface area contributed by atoms with E-state index in [-0.39, 0.29) is 34.6 Å². The van der Waals surface area contributed by atoms with Crippen LogP contribution in [0, 0.1) is 11.7 Å². The van der Waals surface area contributed by atoms with E-state index in [1.165, 1.54) is 11.0 Å². The van der Waals surface area contributed by atoms with Crippen LogP contribution in [-0.4, -0.2) is 18.4 Å². The molecular weight excluding hydrogens is 282 g/mol. The van der Waals surface area contributed by atoms with Gasteiger partial charge in [0.15, 0.2) is 0 Å². The highest BCUT2D eigenvalue weighted by Gasteiger charge is 2.35. The lowest BCUT2D eigenvalue weighted by atomic mass is 10.1. The first-order valence-electron chi connectivity index (χ1n) is 5.14. The lowest BCUT2D eigenvalue weighted by Crippen LogP contribution is -2.28. The van der Waals surface area contributed by atoms with Crippen molar-refractivity contribution in [3.63, 3.8) is 0 Å². The molecule has 1 heterocycles. The van der Waals surface area contributed by atoms with Crippen LogP contribution >= 0.6 is 23.2 Å². The van der Waals surface area contributed by atoms with Crippen LogP contribution in [0.5, 0.6) is 0 Å². The fourth-order valence-electron chi connectivity index (χ4n) is 1.85. The fraction of sp³-hybridized carbons (Fsp3) is 0.273. The normalized spacial score (nSPS) is 19.4. The Morgan fingerprint density at radius 1 is 1.39 bits per heavy atom. The van der Waals surface area contributed by atoms with E-state index in [1.807, 2.05) is 0 Å². The van der Waals surface area contributed by atoms with E-state index in [2.05, 4.69) is 0 Å². The van der Waals surface area contributed by atoms with Gasteiger partial charge in [-0.05, 0) is 6.07 Å². The average molecular weight is 291 g/mol. The maximum atomic E-state index is 13.4. The summed E-state index contributed by atoms with van der Waals surface area (Å²) in [5.74, 6) is -2.13. The summed E-state index contributed by atoms with van der Waals surface area (Å²) in [5.41, 5.74) is 5.35. The van der Waals surface area contributed by atoms with Crippen molar-refractivity contribution < 1.29 is 14.0 Å². The molecule has 0 aliphatic carbocycles. The largest absolute Gasteiger partial charge is 0.369 e. The molecule has 2 amide bonds. The minimum atomic E-state index is -0.675. The smallest absolute Gasteiger partial charge is 0.227 e. The molecule has 2 N–H and O–H groups in total. The molecule has 1 aliphatic rings. The minimum absolute atomic E-state index is 0.00983. The molecule has 18 heavy (non-hydrogen) atoms. The molecule has 1 saturated heterocycles.